The molecule has 4 rings (SSSR count). The van der Waals surface area contributed by atoms with E-state index in [9.17, 15) is 22.8 Å². The Kier molecular flexibility index (Phi) is 6.20. The zero-order valence-electron chi connectivity index (χ0n) is 16.7. The van der Waals surface area contributed by atoms with Crippen molar-refractivity contribution in [2.45, 2.75) is 24.8 Å². The van der Waals surface area contributed by atoms with Crippen LogP contribution >= 0.6 is 23.1 Å². The Morgan fingerprint density at radius 1 is 1.22 bits per heavy atom. The molecule has 166 valence electrons. The van der Waals surface area contributed by atoms with E-state index < -0.39 is 22.9 Å². The number of aromatic nitrogens is 1. The van der Waals surface area contributed by atoms with E-state index in [-0.39, 0.29) is 18.0 Å². The number of benzene rings is 2. The number of anilines is 1. The molecule has 11 heteroatoms. The Labute approximate surface area is 189 Å². The van der Waals surface area contributed by atoms with E-state index in [1.807, 2.05) is 24.3 Å². The molecule has 0 aliphatic carbocycles. The Bertz CT molecular complexity index is 1180. The van der Waals surface area contributed by atoms with Gasteiger partial charge in [0.1, 0.15) is 5.25 Å². The molecule has 1 fully saturated rings. The van der Waals surface area contributed by atoms with Gasteiger partial charge in [-0.05, 0) is 37.3 Å². The Balaban J connectivity index is 1.47. The zero-order valence-corrected chi connectivity index (χ0v) is 18.4. The van der Waals surface area contributed by atoms with Gasteiger partial charge in [-0.2, -0.15) is 18.2 Å². The third-order valence-corrected chi connectivity index (χ3v) is 6.76. The first-order valence-electron chi connectivity index (χ1n) is 9.64. The third kappa shape index (κ3) is 4.78. The number of halogens is 3. The van der Waals surface area contributed by atoms with Crippen molar-refractivity contribution in [3.8, 4) is 0 Å². The molecule has 1 aliphatic heterocycles. The van der Waals surface area contributed by atoms with Crippen molar-refractivity contribution in [3.05, 3.63) is 54.1 Å². The molecule has 1 aliphatic rings. The average molecular weight is 479 g/mol. The monoisotopic (exact) mass is 478 g/mol. The molecule has 1 unspecified atom stereocenters. The molecule has 2 heterocycles. The van der Waals surface area contributed by atoms with E-state index in [4.69, 9.17) is 0 Å². The van der Waals surface area contributed by atoms with Crippen molar-refractivity contribution in [1.29, 1.82) is 0 Å². The highest BCUT2D eigenvalue weighted by Crippen LogP contribution is 2.35. The van der Waals surface area contributed by atoms with E-state index >= 15 is 0 Å². The minimum absolute atomic E-state index is 0.0241. The molecule has 2 amide bonds. The molecule has 0 bridgehead atoms. The lowest BCUT2D eigenvalue weighted by molar-refractivity contribution is -0.137. The third-order valence-electron chi connectivity index (χ3n) is 4.65. The number of alkyl halides is 3. The minimum Gasteiger partial charge on any atom is -0.326 e. The lowest BCUT2D eigenvalue weighted by atomic mass is 10.2. The van der Waals surface area contributed by atoms with Crippen molar-refractivity contribution >= 4 is 61.1 Å². The largest absolute Gasteiger partial charge is 0.416 e. The number of thioether (sulfide) groups is 1. The molecule has 1 atom stereocenters. The van der Waals surface area contributed by atoms with Gasteiger partial charge in [-0.3, -0.25) is 14.5 Å². The molecule has 0 saturated carbocycles. The summed E-state index contributed by atoms with van der Waals surface area (Å²) in [5.41, 5.74) is -0.0220. The number of rotatable bonds is 5. The number of aliphatic imine (C=N–C) groups is 1. The molecule has 6 nitrogen and oxygen atoms in total. The van der Waals surface area contributed by atoms with Crippen LogP contribution < -0.4 is 5.32 Å². The molecular formula is C21H17F3N4O2S2. The SMILES string of the molecule is CCN1C(=O)C(CC(=O)Nc2cccc(C(F)(F)F)c2)SC1=Nc1nc2ccccc2s1. The standard InChI is InChI=1S/C21H17F3N4O2S2/c1-2-28-18(30)16(11-17(29)25-13-7-5-6-12(10-13)21(22,23)24)32-20(28)27-19-26-14-8-3-4-9-15(14)31-19/h3-10,16H,2,11H2,1H3,(H,25,29). The number of hydrogen-bond acceptors (Lipinski definition) is 6. The quantitative estimate of drug-likeness (QED) is 0.540. The normalized spacial score (nSPS) is 18.0. The van der Waals surface area contributed by atoms with Crippen molar-refractivity contribution < 1.29 is 22.8 Å². The molecule has 1 N–H and O–H groups in total. The highest BCUT2D eigenvalue weighted by Gasteiger charge is 2.38. The Morgan fingerprint density at radius 2 is 2.00 bits per heavy atom. The summed E-state index contributed by atoms with van der Waals surface area (Å²) in [6, 6.07) is 12.0. The highest BCUT2D eigenvalue weighted by atomic mass is 32.2. The van der Waals surface area contributed by atoms with E-state index in [0.717, 1.165) is 34.1 Å². The fourth-order valence-electron chi connectivity index (χ4n) is 3.16. The molecule has 32 heavy (non-hydrogen) atoms. The van der Waals surface area contributed by atoms with Crippen LogP contribution in [0.15, 0.2) is 53.5 Å². The van der Waals surface area contributed by atoms with Gasteiger partial charge in [0, 0.05) is 18.7 Å². The first kappa shape index (κ1) is 22.3. The lowest BCUT2D eigenvalue weighted by Gasteiger charge is -2.13. The van der Waals surface area contributed by atoms with Crippen molar-refractivity contribution in [2.75, 3.05) is 11.9 Å². The van der Waals surface area contributed by atoms with Crippen molar-refractivity contribution in [3.63, 3.8) is 0 Å². The zero-order chi connectivity index (χ0) is 22.9. The van der Waals surface area contributed by atoms with Crippen LogP contribution in [-0.4, -0.2) is 38.7 Å². The average Bonchev–Trinajstić information content (AvgIpc) is 3.27. The Morgan fingerprint density at radius 3 is 2.72 bits per heavy atom. The number of fused-ring (bicyclic) bond motifs is 1. The van der Waals surface area contributed by atoms with Gasteiger partial charge in [0.2, 0.25) is 16.9 Å². The van der Waals surface area contributed by atoms with Crippen LogP contribution in [0, 0.1) is 0 Å². The molecule has 0 radical (unpaired) electrons. The first-order chi connectivity index (χ1) is 15.2. The topological polar surface area (TPSA) is 74.7 Å². The molecule has 0 spiro atoms. The summed E-state index contributed by atoms with van der Waals surface area (Å²) in [4.78, 5) is 35.6. The van der Waals surface area contributed by atoms with Crippen LogP contribution in [0.25, 0.3) is 10.2 Å². The number of nitrogens with one attached hydrogen (secondary N) is 1. The van der Waals surface area contributed by atoms with Crippen LogP contribution in [0.2, 0.25) is 0 Å². The number of amides is 2. The summed E-state index contributed by atoms with van der Waals surface area (Å²) in [6.45, 7) is 2.18. The number of thiazole rings is 1. The summed E-state index contributed by atoms with van der Waals surface area (Å²) in [6.07, 6.45) is -4.69. The second-order valence-electron chi connectivity index (χ2n) is 6.88. The van der Waals surface area contributed by atoms with E-state index in [1.165, 1.54) is 28.4 Å². The van der Waals surface area contributed by atoms with E-state index in [1.54, 1.807) is 6.92 Å². The van der Waals surface area contributed by atoms with Crippen LogP contribution in [0.5, 0.6) is 0 Å². The van der Waals surface area contributed by atoms with Gasteiger partial charge in [-0.1, -0.05) is 41.3 Å². The number of carbonyl (C=O) groups excluding carboxylic acids is 2. The summed E-state index contributed by atoms with van der Waals surface area (Å²) >= 11 is 2.55. The van der Waals surface area contributed by atoms with Gasteiger partial charge in [0.15, 0.2) is 5.17 Å². The molecule has 1 aromatic heterocycles. The number of para-hydroxylation sites is 1. The number of carbonyl (C=O) groups is 2. The van der Waals surface area contributed by atoms with Gasteiger partial charge in [-0.25, -0.2) is 4.98 Å². The maximum Gasteiger partial charge on any atom is 0.416 e. The van der Waals surface area contributed by atoms with Crippen LogP contribution in [-0.2, 0) is 15.8 Å². The number of hydrogen-bond donors (Lipinski definition) is 1. The molecular weight excluding hydrogens is 461 g/mol. The van der Waals surface area contributed by atoms with Crippen molar-refractivity contribution in [1.82, 2.24) is 9.88 Å². The highest BCUT2D eigenvalue weighted by molar-refractivity contribution is 8.15. The second kappa shape index (κ2) is 8.91. The first-order valence-corrected chi connectivity index (χ1v) is 11.3. The summed E-state index contributed by atoms with van der Waals surface area (Å²) in [5, 5.41) is 2.69. The van der Waals surface area contributed by atoms with Gasteiger partial charge in [0.05, 0.1) is 15.8 Å². The van der Waals surface area contributed by atoms with Gasteiger partial charge < -0.3 is 5.32 Å². The fraction of sp³-hybridized carbons (Fsp3) is 0.238. The van der Waals surface area contributed by atoms with Gasteiger partial charge in [0.25, 0.3) is 0 Å². The summed E-state index contributed by atoms with van der Waals surface area (Å²) < 4.78 is 39.6. The summed E-state index contributed by atoms with van der Waals surface area (Å²) in [7, 11) is 0. The van der Waals surface area contributed by atoms with Gasteiger partial charge >= 0.3 is 6.18 Å². The predicted octanol–water partition coefficient (Wildman–Crippen LogP) is 5.30. The lowest BCUT2D eigenvalue weighted by Crippen LogP contribution is -2.33. The Hall–Kier alpha value is -2.92. The van der Waals surface area contributed by atoms with Crippen LogP contribution in [0.4, 0.5) is 24.0 Å². The molecule has 2 aromatic carbocycles. The maximum atomic E-state index is 12.9. The number of nitrogens with zero attached hydrogens (tertiary/aromatic N) is 3. The fourth-order valence-corrected chi connectivity index (χ4v) is 5.26. The van der Waals surface area contributed by atoms with E-state index in [0.29, 0.717) is 16.8 Å². The van der Waals surface area contributed by atoms with Crippen LogP contribution in [0.3, 0.4) is 0 Å². The van der Waals surface area contributed by atoms with Gasteiger partial charge in [-0.15, -0.1) is 0 Å². The van der Waals surface area contributed by atoms with Crippen molar-refractivity contribution in [2.24, 2.45) is 4.99 Å². The maximum absolute atomic E-state index is 12.9. The van der Waals surface area contributed by atoms with Crippen LogP contribution in [0.1, 0.15) is 18.9 Å². The number of amidine groups is 1. The summed E-state index contributed by atoms with van der Waals surface area (Å²) in [5.74, 6) is -0.816. The second-order valence-corrected chi connectivity index (χ2v) is 9.06. The van der Waals surface area contributed by atoms with E-state index in [2.05, 4.69) is 15.3 Å². The molecule has 1 saturated heterocycles. The molecule has 3 aromatic rings. The smallest absolute Gasteiger partial charge is 0.326 e. The minimum atomic E-state index is -4.51. The predicted molar refractivity (Wildman–Crippen MR) is 120 cm³/mol.